The Morgan fingerprint density at radius 3 is 3.22 bits per heavy atom. The maximum Gasteiger partial charge on any atom is 0.219 e. The molecule has 0 radical (unpaired) electrons. The topological polar surface area (TPSA) is 53.6 Å². The minimum atomic E-state index is 0.116. The average molecular weight is 255 g/mol. The van der Waals surface area contributed by atoms with Crippen molar-refractivity contribution in [2.24, 2.45) is 0 Å². The number of amides is 1. The largest absolute Gasteiger partial charge is 0.374 e. The Hall–Kier alpha value is -0.650. The fourth-order valence-corrected chi connectivity index (χ4v) is 2.77. The van der Waals surface area contributed by atoms with Crippen molar-refractivity contribution in [3.05, 3.63) is 0 Å². The number of carbonyl (C=O) groups excluding carboxylic acids is 1. The third-order valence-corrected chi connectivity index (χ3v) is 3.87. The molecule has 18 heavy (non-hydrogen) atoms. The summed E-state index contributed by atoms with van der Waals surface area (Å²) in [5.41, 5.74) is 0. The molecule has 5 heteroatoms. The van der Waals surface area contributed by atoms with Gasteiger partial charge in [0.15, 0.2) is 0 Å². The van der Waals surface area contributed by atoms with E-state index in [9.17, 15) is 4.79 Å². The molecule has 0 saturated carbocycles. The van der Waals surface area contributed by atoms with E-state index in [1.54, 1.807) is 7.05 Å². The van der Waals surface area contributed by atoms with Crippen molar-refractivity contribution in [1.29, 1.82) is 0 Å². The van der Waals surface area contributed by atoms with E-state index in [0.717, 1.165) is 32.7 Å². The smallest absolute Gasteiger partial charge is 0.219 e. The Morgan fingerprint density at radius 2 is 2.39 bits per heavy atom. The van der Waals surface area contributed by atoms with Crippen molar-refractivity contribution in [3.63, 3.8) is 0 Å². The van der Waals surface area contributed by atoms with Gasteiger partial charge < -0.3 is 15.4 Å². The van der Waals surface area contributed by atoms with Gasteiger partial charge in [-0.15, -0.1) is 0 Å². The molecule has 0 aliphatic carbocycles. The summed E-state index contributed by atoms with van der Waals surface area (Å²) >= 11 is 0. The molecule has 2 fully saturated rings. The predicted octanol–water partition coefficient (Wildman–Crippen LogP) is -0.0346. The van der Waals surface area contributed by atoms with Gasteiger partial charge in [-0.2, -0.15) is 0 Å². The molecule has 2 saturated heterocycles. The zero-order chi connectivity index (χ0) is 12.8. The van der Waals surface area contributed by atoms with Crippen LogP contribution in [0.2, 0.25) is 0 Å². The van der Waals surface area contributed by atoms with Gasteiger partial charge in [0, 0.05) is 32.6 Å². The number of ether oxygens (including phenoxy) is 1. The van der Waals surface area contributed by atoms with Gasteiger partial charge in [-0.1, -0.05) is 0 Å². The van der Waals surface area contributed by atoms with Crippen LogP contribution in [0, 0.1) is 0 Å². The SMILES string of the molecule is CNC(=O)CCCNCC1CN2CCCC2CO1. The third-order valence-electron chi connectivity index (χ3n) is 3.87. The van der Waals surface area contributed by atoms with Crippen LogP contribution in [0.5, 0.6) is 0 Å². The molecule has 2 aliphatic heterocycles. The minimum absolute atomic E-state index is 0.116. The van der Waals surface area contributed by atoms with E-state index in [1.165, 1.54) is 19.4 Å². The Morgan fingerprint density at radius 1 is 1.50 bits per heavy atom. The second-order valence-corrected chi connectivity index (χ2v) is 5.23. The number of hydrogen-bond acceptors (Lipinski definition) is 4. The van der Waals surface area contributed by atoms with Crippen molar-refractivity contribution in [1.82, 2.24) is 15.5 Å². The zero-order valence-electron chi connectivity index (χ0n) is 11.3. The van der Waals surface area contributed by atoms with Gasteiger partial charge in [0.2, 0.25) is 5.91 Å². The molecule has 104 valence electrons. The van der Waals surface area contributed by atoms with Crippen LogP contribution in [0.4, 0.5) is 0 Å². The minimum Gasteiger partial charge on any atom is -0.374 e. The van der Waals surface area contributed by atoms with Crippen LogP contribution in [-0.2, 0) is 9.53 Å². The molecular formula is C13H25N3O2. The molecule has 2 unspecified atom stereocenters. The monoisotopic (exact) mass is 255 g/mol. The number of nitrogens with one attached hydrogen (secondary N) is 2. The van der Waals surface area contributed by atoms with Crippen molar-refractivity contribution in [2.45, 2.75) is 37.8 Å². The van der Waals surface area contributed by atoms with Crippen molar-refractivity contribution in [3.8, 4) is 0 Å². The summed E-state index contributed by atoms with van der Waals surface area (Å²) in [5, 5.41) is 6.02. The first-order valence-electron chi connectivity index (χ1n) is 7.06. The van der Waals surface area contributed by atoms with Crippen LogP contribution in [0.1, 0.15) is 25.7 Å². The van der Waals surface area contributed by atoms with Crippen molar-refractivity contribution >= 4 is 5.91 Å². The van der Waals surface area contributed by atoms with E-state index in [4.69, 9.17) is 4.74 Å². The van der Waals surface area contributed by atoms with Gasteiger partial charge in [-0.25, -0.2) is 0 Å². The molecule has 0 bridgehead atoms. The quantitative estimate of drug-likeness (QED) is 0.654. The summed E-state index contributed by atoms with van der Waals surface area (Å²) in [6.07, 6.45) is 4.42. The molecule has 0 aromatic carbocycles. The lowest BCUT2D eigenvalue weighted by atomic mass is 10.2. The van der Waals surface area contributed by atoms with Crippen LogP contribution in [0.15, 0.2) is 0 Å². The summed E-state index contributed by atoms with van der Waals surface area (Å²) in [5.74, 6) is 0.116. The number of hydrogen-bond donors (Lipinski definition) is 2. The lowest BCUT2D eigenvalue weighted by Gasteiger charge is -2.35. The Labute approximate surface area is 109 Å². The van der Waals surface area contributed by atoms with Gasteiger partial charge in [0.05, 0.1) is 12.7 Å². The van der Waals surface area contributed by atoms with Crippen LogP contribution >= 0.6 is 0 Å². The summed E-state index contributed by atoms with van der Waals surface area (Å²) in [7, 11) is 1.68. The van der Waals surface area contributed by atoms with Gasteiger partial charge in [0.25, 0.3) is 0 Å². The first-order valence-corrected chi connectivity index (χ1v) is 7.06. The third kappa shape index (κ3) is 3.93. The summed E-state index contributed by atoms with van der Waals surface area (Å²) in [6, 6.07) is 0.675. The molecule has 2 aliphatic rings. The Bertz CT molecular complexity index is 273. The van der Waals surface area contributed by atoms with Gasteiger partial charge in [-0.05, 0) is 32.4 Å². The lowest BCUT2D eigenvalue weighted by molar-refractivity contribution is -0.120. The lowest BCUT2D eigenvalue weighted by Crippen LogP contribution is -2.49. The molecule has 2 heterocycles. The van der Waals surface area contributed by atoms with Gasteiger partial charge >= 0.3 is 0 Å². The molecule has 1 amide bonds. The van der Waals surface area contributed by atoms with E-state index in [2.05, 4.69) is 15.5 Å². The highest BCUT2D eigenvalue weighted by Crippen LogP contribution is 2.22. The second-order valence-electron chi connectivity index (χ2n) is 5.23. The number of fused-ring (bicyclic) bond motifs is 1. The highest BCUT2D eigenvalue weighted by molar-refractivity contribution is 5.75. The highest BCUT2D eigenvalue weighted by atomic mass is 16.5. The van der Waals surface area contributed by atoms with Crippen LogP contribution < -0.4 is 10.6 Å². The predicted molar refractivity (Wildman–Crippen MR) is 70.5 cm³/mol. The number of carbonyl (C=O) groups is 1. The number of rotatable bonds is 6. The van der Waals surface area contributed by atoms with Crippen LogP contribution in [0.25, 0.3) is 0 Å². The van der Waals surface area contributed by atoms with Gasteiger partial charge in [-0.3, -0.25) is 9.69 Å². The first-order chi connectivity index (χ1) is 8.79. The van der Waals surface area contributed by atoms with E-state index in [1.807, 2.05) is 0 Å². The highest BCUT2D eigenvalue weighted by Gasteiger charge is 2.31. The van der Waals surface area contributed by atoms with E-state index in [0.29, 0.717) is 18.6 Å². The molecule has 0 aromatic rings. The molecule has 5 nitrogen and oxygen atoms in total. The molecule has 0 spiro atoms. The Kier molecular flexibility index (Phi) is 5.41. The van der Waals surface area contributed by atoms with E-state index in [-0.39, 0.29) is 5.91 Å². The fraction of sp³-hybridized carbons (Fsp3) is 0.923. The summed E-state index contributed by atoms with van der Waals surface area (Å²) in [4.78, 5) is 13.6. The van der Waals surface area contributed by atoms with Crippen LogP contribution in [-0.4, -0.2) is 62.8 Å². The molecule has 2 N–H and O–H groups in total. The van der Waals surface area contributed by atoms with Crippen LogP contribution in [0.3, 0.4) is 0 Å². The maximum atomic E-state index is 11.0. The average Bonchev–Trinajstić information content (AvgIpc) is 2.85. The van der Waals surface area contributed by atoms with Crippen molar-refractivity contribution in [2.75, 3.05) is 39.8 Å². The standard InChI is InChI=1S/C13H25N3O2/c1-14-13(17)5-2-6-15-8-12-9-16-7-3-4-11(16)10-18-12/h11-12,15H,2-10H2,1H3,(H,14,17). The summed E-state index contributed by atoms with van der Waals surface area (Å²) in [6.45, 7) is 4.98. The maximum absolute atomic E-state index is 11.0. The molecule has 2 rings (SSSR count). The number of nitrogens with zero attached hydrogens (tertiary/aromatic N) is 1. The zero-order valence-corrected chi connectivity index (χ0v) is 11.3. The molecule has 0 aromatic heterocycles. The first kappa shape index (κ1) is 13.8. The fourth-order valence-electron chi connectivity index (χ4n) is 2.77. The van der Waals surface area contributed by atoms with E-state index >= 15 is 0 Å². The Balaban J connectivity index is 1.53. The molecular weight excluding hydrogens is 230 g/mol. The number of morpholine rings is 1. The molecule has 2 atom stereocenters. The second kappa shape index (κ2) is 7.07. The normalized spacial score (nSPS) is 28.1. The summed E-state index contributed by atoms with van der Waals surface area (Å²) < 4.78 is 5.86. The van der Waals surface area contributed by atoms with Gasteiger partial charge in [0.1, 0.15) is 0 Å². The van der Waals surface area contributed by atoms with Crippen molar-refractivity contribution < 1.29 is 9.53 Å². The van der Waals surface area contributed by atoms with E-state index < -0.39 is 0 Å².